The Hall–Kier alpha value is -2.95. The third-order valence-electron chi connectivity index (χ3n) is 6.36. The largest absolute Gasteiger partial charge is 0.503 e. The standard InChI is InChI=1S/C25H31N3O6S/c1-15-24(35-16(2)26-15)21(29)19-20(17-7-5-8-18(32-3)23(17)33-4)28(25(31)22(19)30)10-6-9-27-11-13-34-14-12-27/h5,7-8,20,30H,6,9-14H2,1-4H3. The van der Waals surface area contributed by atoms with Crippen LogP contribution in [0.1, 0.15) is 38.4 Å². The molecule has 0 bridgehead atoms. The van der Waals surface area contributed by atoms with E-state index in [4.69, 9.17) is 14.2 Å². The minimum atomic E-state index is -0.813. The Balaban J connectivity index is 1.72. The monoisotopic (exact) mass is 501 g/mol. The molecule has 1 unspecified atom stereocenters. The number of ether oxygens (including phenoxy) is 3. The first kappa shape index (κ1) is 25.2. The zero-order chi connectivity index (χ0) is 25.1. The molecule has 0 aliphatic carbocycles. The molecule has 1 N–H and O–H groups in total. The van der Waals surface area contributed by atoms with Crippen LogP contribution in [0, 0.1) is 13.8 Å². The number of Topliss-reactive ketones (excluding diaryl/α,β-unsaturated/α-hetero) is 1. The fourth-order valence-electron chi connectivity index (χ4n) is 4.72. The average Bonchev–Trinajstić information content (AvgIpc) is 3.33. The molecule has 0 radical (unpaired) electrons. The Morgan fingerprint density at radius 3 is 2.57 bits per heavy atom. The number of amides is 1. The van der Waals surface area contributed by atoms with E-state index in [1.54, 1.807) is 30.0 Å². The highest BCUT2D eigenvalue weighted by molar-refractivity contribution is 7.14. The topological polar surface area (TPSA) is 101 Å². The predicted molar refractivity (Wildman–Crippen MR) is 131 cm³/mol. The van der Waals surface area contributed by atoms with Gasteiger partial charge in [-0.1, -0.05) is 12.1 Å². The summed E-state index contributed by atoms with van der Waals surface area (Å²) in [4.78, 5) is 35.7. The molecule has 1 aromatic heterocycles. The number of benzene rings is 1. The van der Waals surface area contributed by atoms with Crippen molar-refractivity contribution in [3.63, 3.8) is 0 Å². The number of ketones is 1. The number of carbonyl (C=O) groups is 2. The maximum atomic E-state index is 13.7. The van der Waals surface area contributed by atoms with Gasteiger partial charge in [0.05, 0.1) is 54.6 Å². The van der Waals surface area contributed by atoms with Gasteiger partial charge >= 0.3 is 0 Å². The SMILES string of the molecule is COc1cccc(C2C(C(=O)c3sc(C)nc3C)=C(O)C(=O)N2CCCN2CCOCC2)c1OC. The molecular weight excluding hydrogens is 470 g/mol. The number of thiazole rings is 1. The van der Waals surface area contributed by atoms with Crippen LogP contribution in [0.5, 0.6) is 11.5 Å². The summed E-state index contributed by atoms with van der Waals surface area (Å²) in [6.07, 6.45) is 0.683. The molecular formula is C25H31N3O6S. The van der Waals surface area contributed by atoms with Gasteiger partial charge < -0.3 is 24.2 Å². The molecule has 1 fully saturated rings. The van der Waals surface area contributed by atoms with Crippen molar-refractivity contribution >= 4 is 23.0 Å². The molecule has 0 saturated carbocycles. The number of aryl methyl sites for hydroxylation is 2. The van der Waals surface area contributed by atoms with Gasteiger partial charge in [-0.25, -0.2) is 4.98 Å². The van der Waals surface area contributed by atoms with Crippen molar-refractivity contribution in [1.29, 1.82) is 0 Å². The van der Waals surface area contributed by atoms with Crippen LogP contribution < -0.4 is 9.47 Å². The van der Waals surface area contributed by atoms with Crippen molar-refractivity contribution < 1.29 is 28.9 Å². The highest BCUT2D eigenvalue weighted by atomic mass is 32.1. The van der Waals surface area contributed by atoms with Crippen molar-refractivity contribution in [2.45, 2.75) is 26.3 Å². The number of methoxy groups -OCH3 is 2. The van der Waals surface area contributed by atoms with E-state index in [1.807, 2.05) is 6.92 Å². The molecule has 2 aliphatic heterocycles. The summed E-state index contributed by atoms with van der Waals surface area (Å²) in [7, 11) is 3.05. The number of rotatable bonds is 9. The summed E-state index contributed by atoms with van der Waals surface area (Å²) in [5, 5.41) is 11.7. The molecule has 3 heterocycles. The Morgan fingerprint density at radius 1 is 1.20 bits per heavy atom. The summed E-state index contributed by atoms with van der Waals surface area (Å²) >= 11 is 1.26. The second-order valence-electron chi connectivity index (χ2n) is 8.53. The zero-order valence-corrected chi connectivity index (χ0v) is 21.3. The molecule has 188 valence electrons. The lowest BCUT2D eigenvalue weighted by Crippen LogP contribution is -2.39. The van der Waals surface area contributed by atoms with E-state index in [0.717, 1.165) is 24.6 Å². The van der Waals surface area contributed by atoms with E-state index in [1.165, 1.54) is 25.6 Å². The van der Waals surface area contributed by atoms with E-state index >= 15 is 0 Å². The molecule has 0 spiro atoms. The summed E-state index contributed by atoms with van der Waals surface area (Å²) in [6.45, 7) is 7.81. The summed E-state index contributed by atoms with van der Waals surface area (Å²) in [5.41, 5.74) is 1.20. The first-order valence-electron chi connectivity index (χ1n) is 11.6. The smallest absolute Gasteiger partial charge is 0.290 e. The first-order valence-corrected chi connectivity index (χ1v) is 12.4. The van der Waals surface area contributed by atoms with Crippen molar-refractivity contribution in [3.8, 4) is 11.5 Å². The highest BCUT2D eigenvalue weighted by Crippen LogP contribution is 2.45. The fourth-order valence-corrected chi connectivity index (χ4v) is 5.59. The van der Waals surface area contributed by atoms with Crippen LogP contribution in [-0.4, -0.2) is 85.2 Å². The van der Waals surface area contributed by atoms with E-state index in [2.05, 4.69) is 9.88 Å². The maximum Gasteiger partial charge on any atom is 0.290 e. The second-order valence-corrected chi connectivity index (χ2v) is 9.73. The first-order chi connectivity index (χ1) is 16.9. The second kappa shape index (κ2) is 10.8. The van der Waals surface area contributed by atoms with Crippen LogP contribution >= 0.6 is 11.3 Å². The lowest BCUT2D eigenvalue weighted by molar-refractivity contribution is -0.129. The van der Waals surface area contributed by atoms with Gasteiger partial charge in [0, 0.05) is 31.7 Å². The van der Waals surface area contributed by atoms with E-state index in [0.29, 0.717) is 53.8 Å². The van der Waals surface area contributed by atoms with E-state index in [9.17, 15) is 14.7 Å². The van der Waals surface area contributed by atoms with E-state index < -0.39 is 23.5 Å². The number of aromatic nitrogens is 1. The minimum absolute atomic E-state index is 0.0414. The number of hydrogen-bond acceptors (Lipinski definition) is 9. The van der Waals surface area contributed by atoms with Crippen LogP contribution in [0.15, 0.2) is 29.5 Å². The average molecular weight is 502 g/mol. The van der Waals surface area contributed by atoms with Gasteiger partial charge in [0.25, 0.3) is 5.91 Å². The van der Waals surface area contributed by atoms with Gasteiger partial charge in [-0.3, -0.25) is 14.5 Å². The van der Waals surface area contributed by atoms with Gasteiger partial charge in [0.2, 0.25) is 5.78 Å². The number of aliphatic hydroxyl groups excluding tert-OH is 1. The molecule has 9 nitrogen and oxygen atoms in total. The van der Waals surface area contributed by atoms with Gasteiger partial charge in [-0.15, -0.1) is 11.3 Å². The van der Waals surface area contributed by atoms with Gasteiger partial charge in [-0.05, 0) is 26.3 Å². The number of hydrogen-bond donors (Lipinski definition) is 1. The van der Waals surface area contributed by atoms with Crippen molar-refractivity contribution in [3.05, 3.63) is 50.7 Å². The molecule has 4 rings (SSSR count). The van der Waals surface area contributed by atoms with Gasteiger partial charge in [0.15, 0.2) is 17.3 Å². The molecule has 1 atom stereocenters. The molecule has 1 amide bonds. The number of morpholine rings is 1. The molecule has 10 heteroatoms. The van der Waals surface area contributed by atoms with Crippen molar-refractivity contribution in [2.24, 2.45) is 0 Å². The van der Waals surface area contributed by atoms with Crippen LogP contribution in [0.25, 0.3) is 0 Å². The quantitative estimate of drug-likeness (QED) is 0.523. The number of nitrogens with zero attached hydrogens (tertiary/aromatic N) is 3. The Kier molecular flexibility index (Phi) is 7.73. The number of carbonyl (C=O) groups excluding carboxylic acids is 2. The molecule has 2 aliphatic rings. The molecule has 1 saturated heterocycles. The fraction of sp³-hybridized carbons (Fsp3) is 0.480. The van der Waals surface area contributed by atoms with Gasteiger partial charge in [-0.2, -0.15) is 0 Å². The van der Waals surface area contributed by atoms with Crippen LogP contribution in [0.3, 0.4) is 0 Å². The van der Waals surface area contributed by atoms with Crippen LogP contribution in [0.4, 0.5) is 0 Å². The third-order valence-corrected chi connectivity index (χ3v) is 7.43. The molecule has 35 heavy (non-hydrogen) atoms. The Labute approximate surface area is 208 Å². The highest BCUT2D eigenvalue weighted by Gasteiger charge is 2.45. The number of aliphatic hydroxyl groups is 1. The zero-order valence-electron chi connectivity index (χ0n) is 20.5. The normalized spacial score (nSPS) is 18.9. The van der Waals surface area contributed by atoms with Crippen LogP contribution in [0.2, 0.25) is 0 Å². The Morgan fingerprint density at radius 2 is 1.94 bits per heavy atom. The Bertz CT molecular complexity index is 1140. The maximum absolute atomic E-state index is 13.7. The van der Waals surface area contributed by atoms with Crippen molar-refractivity contribution in [1.82, 2.24) is 14.8 Å². The lowest BCUT2D eigenvalue weighted by Gasteiger charge is -2.30. The summed E-state index contributed by atoms with van der Waals surface area (Å²) in [6, 6.07) is 4.52. The van der Waals surface area contributed by atoms with E-state index in [-0.39, 0.29) is 5.57 Å². The van der Waals surface area contributed by atoms with Crippen molar-refractivity contribution in [2.75, 3.05) is 53.6 Å². The third kappa shape index (κ3) is 4.91. The summed E-state index contributed by atoms with van der Waals surface area (Å²) < 4.78 is 16.5. The predicted octanol–water partition coefficient (Wildman–Crippen LogP) is 3.08. The minimum Gasteiger partial charge on any atom is -0.503 e. The molecule has 1 aromatic carbocycles. The summed E-state index contributed by atoms with van der Waals surface area (Å²) in [5.74, 6) is -0.591. The lowest BCUT2D eigenvalue weighted by atomic mass is 9.94. The molecule has 2 aromatic rings. The van der Waals surface area contributed by atoms with Crippen LogP contribution in [-0.2, 0) is 9.53 Å². The van der Waals surface area contributed by atoms with Gasteiger partial charge in [0.1, 0.15) is 0 Å². The number of para-hydroxylation sites is 1.